The van der Waals surface area contributed by atoms with Crippen LogP contribution in [0.3, 0.4) is 0 Å². The van der Waals surface area contributed by atoms with Crippen molar-refractivity contribution < 1.29 is 9.90 Å². The second-order valence-electron chi connectivity index (χ2n) is 8.91. The third-order valence-electron chi connectivity index (χ3n) is 7.29. The van der Waals surface area contributed by atoms with E-state index in [1.807, 2.05) is 48.8 Å². The van der Waals surface area contributed by atoms with Crippen molar-refractivity contribution in [2.45, 2.75) is 50.4 Å². The fourth-order valence-corrected chi connectivity index (χ4v) is 5.50. The lowest BCUT2D eigenvalue weighted by molar-refractivity contribution is 0.0186. The van der Waals surface area contributed by atoms with Crippen molar-refractivity contribution in [3.63, 3.8) is 0 Å². The van der Waals surface area contributed by atoms with Crippen molar-refractivity contribution in [2.24, 2.45) is 0 Å². The highest BCUT2D eigenvalue weighted by Gasteiger charge is 2.52. The third kappa shape index (κ3) is 3.53. The molecule has 5 rings (SSSR count). The van der Waals surface area contributed by atoms with Crippen molar-refractivity contribution in [3.05, 3.63) is 89.5 Å². The number of fused-ring (bicyclic) bond motifs is 2. The summed E-state index contributed by atoms with van der Waals surface area (Å²) in [6, 6.07) is 17.0. The number of nitrogens with zero attached hydrogens (tertiary/aromatic N) is 3. The number of carbonyl (C=O) groups excluding carboxylic acids is 1. The van der Waals surface area contributed by atoms with E-state index >= 15 is 0 Å². The molecule has 2 N–H and O–H groups in total. The standard InChI is InChI=1S/C26H30N4O2/c1-2-30-17-14-27-22(30)18-29-15-12-26(13-16-29)21-11-7-6-10-20(21)23(24(26)31)28-25(32)19-8-4-3-5-9-19/h3-11,14,17,23-24,31H,2,12-13,15-16,18H2,1H3,(H,28,32)/t23-,24+/m1/s1. The molecule has 0 bridgehead atoms. The molecule has 3 aromatic rings. The van der Waals surface area contributed by atoms with Crippen LogP contribution in [0.2, 0.25) is 0 Å². The van der Waals surface area contributed by atoms with Crippen LogP contribution >= 0.6 is 0 Å². The number of benzene rings is 2. The number of aromatic nitrogens is 2. The van der Waals surface area contributed by atoms with Gasteiger partial charge in [0.05, 0.1) is 18.7 Å². The van der Waals surface area contributed by atoms with Crippen LogP contribution in [0.25, 0.3) is 0 Å². The number of rotatable bonds is 5. The Hall–Kier alpha value is -2.96. The minimum absolute atomic E-state index is 0.148. The molecule has 1 aromatic heterocycles. The zero-order valence-corrected chi connectivity index (χ0v) is 18.4. The number of aliphatic hydroxyl groups excluding tert-OH is 1. The van der Waals surface area contributed by atoms with Crippen LogP contribution < -0.4 is 5.32 Å². The summed E-state index contributed by atoms with van der Waals surface area (Å²) < 4.78 is 2.18. The van der Waals surface area contributed by atoms with Crippen molar-refractivity contribution >= 4 is 5.91 Å². The maximum Gasteiger partial charge on any atom is 0.251 e. The summed E-state index contributed by atoms with van der Waals surface area (Å²) in [6.07, 6.45) is 4.96. The Balaban J connectivity index is 1.35. The van der Waals surface area contributed by atoms with E-state index in [-0.39, 0.29) is 11.3 Å². The number of piperidine rings is 1. The summed E-state index contributed by atoms with van der Waals surface area (Å²) in [4.78, 5) is 19.8. The zero-order valence-electron chi connectivity index (χ0n) is 18.4. The van der Waals surface area contributed by atoms with Gasteiger partial charge < -0.3 is 15.0 Å². The molecule has 2 aromatic carbocycles. The van der Waals surface area contributed by atoms with Gasteiger partial charge in [-0.3, -0.25) is 9.69 Å². The molecule has 2 aliphatic rings. The highest BCUT2D eigenvalue weighted by atomic mass is 16.3. The van der Waals surface area contributed by atoms with Gasteiger partial charge in [0.15, 0.2) is 0 Å². The van der Waals surface area contributed by atoms with Crippen LogP contribution in [0.4, 0.5) is 0 Å². The lowest BCUT2D eigenvalue weighted by Crippen LogP contribution is -2.49. The summed E-state index contributed by atoms with van der Waals surface area (Å²) in [5.41, 5.74) is 2.50. The fraction of sp³-hybridized carbons (Fsp3) is 0.385. The van der Waals surface area contributed by atoms with Gasteiger partial charge in [0, 0.05) is 29.9 Å². The van der Waals surface area contributed by atoms with E-state index in [2.05, 4.69) is 32.8 Å². The number of carbonyl (C=O) groups is 1. The monoisotopic (exact) mass is 430 g/mol. The van der Waals surface area contributed by atoms with Crippen LogP contribution in [0.5, 0.6) is 0 Å². The molecule has 32 heavy (non-hydrogen) atoms. The lowest BCUT2D eigenvalue weighted by Gasteiger charge is -2.42. The molecule has 1 amide bonds. The first-order valence-electron chi connectivity index (χ1n) is 11.5. The van der Waals surface area contributed by atoms with Gasteiger partial charge in [-0.2, -0.15) is 0 Å². The van der Waals surface area contributed by atoms with Crippen LogP contribution in [0.15, 0.2) is 67.0 Å². The Bertz CT molecular complexity index is 1090. The van der Waals surface area contributed by atoms with E-state index in [1.54, 1.807) is 12.1 Å². The predicted octanol–water partition coefficient (Wildman–Crippen LogP) is 3.28. The average Bonchev–Trinajstić information content (AvgIpc) is 3.38. The number of nitrogens with one attached hydrogen (secondary N) is 1. The van der Waals surface area contributed by atoms with Crippen LogP contribution in [0.1, 0.15) is 53.1 Å². The first-order chi connectivity index (χ1) is 15.6. The van der Waals surface area contributed by atoms with Gasteiger partial charge in [-0.1, -0.05) is 42.5 Å². The second kappa shape index (κ2) is 8.52. The fourth-order valence-electron chi connectivity index (χ4n) is 5.50. The molecular weight excluding hydrogens is 400 g/mol. The molecule has 2 atom stereocenters. The van der Waals surface area contributed by atoms with Gasteiger partial charge in [0.25, 0.3) is 5.91 Å². The summed E-state index contributed by atoms with van der Waals surface area (Å²) in [6.45, 7) is 5.65. The molecule has 1 aliphatic heterocycles. The number of imidazole rings is 1. The molecule has 0 unspecified atom stereocenters. The lowest BCUT2D eigenvalue weighted by atomic mass is 9.72. The molecule has 1 saturated heterocycles. The van der Waals surface area contributed by atoms with Crippen molar-refractivity contribution in [1.29, 1.82) is 0 Å². The Morgan fingerprint density at radius 1 is 1.12 bits per heavy atom. The summed E-state index contributed by atoms with van der Waals surface area (Å²) in [5, 5.41) is 14.7. The van der Waals surface area contributed by atoms with Crippen molar-refractivity contribution in [1.82, 2.24) is 19.8 Å². The molecule has 6 heteroatoms. The molecular formula is C26H30N4O2. The van der Waals surface area contributed by atoms with Crippen LogP contribution in [0, 0.1) is 0 Å². The van der Waals surface area contributed by atoms with Gasteiger partial charge in [-0.05, 0) is 56.1 Å². The van der Waals surface area contributed by atoms with E-state index < -0.39 is 12.1 Å². The molecule has 2 heterocycles. The quantitative estimate of drug-likeness (QED) is 0.652. The predicted molar refractivity (Wildman–Crippen MR) is 123 cm³/mol. The highest BCUT2D eigenvalue weighted by molar-refractivity contribution is 5.94. The smallest absolute Gasteiger partial charge is 0.251 e. The number of amides is 1. The first-order valence-corrected chi connectivity index (χ1v) is 11.5. The van der Waals surface area contributed by atoms with Crippen LogP contribution in [-0.2, 0) is 18.5 Å². The number of hydrogen-bond donors (Lipinski definition) is 2. The first kappa shape index (κ1) is 20.9. The van der Waals surface area contributed by atoms with Gasteiger partial charge >= 0.3 is 0 Å². The van der Waals surface area contributed by atoms with Gasteiger partial charge in [-0.15, -0.1) is 0 Å². The number of hydrogen-bond acceptors (Lipinski definition) is 4. The van der Waals surface area contributed by atoms with E-state index in [1.165, 1.54) is 5.56 Å². The van der Waals surface area contributed by atoms with Gasteiger partial charge in [0.1, 0.15) is 5.82 Å². The zero-order chi connectivity index (χ0) is 22.1. The molecule has 0 radical (unpaired) electrons. The summed E-state index contributed by atoms with van der Waals surface area (Å²) >= 11 is 0. The maximum atomic E-state index is 12.9. The summed E-state index contributed by atoms with van der Waals surface area (Å²) in [5.74, 6) is 0.939. The van der Waals surface area contributed by atoms with Gasteiger partial charge in [-0.25, -0.2) is 4.98 Å². The largest absolute Gasteiger partial charge is 0.390 e. The van der Waals surface area contributed by atoms with E-state index in [4.69, 9.17) is 0 Å². The molecule has 6 nitrogen and oxygen atoms in total. The van der Waals surface area contributed by atoms with E-state index in [0.29, 0.717) is 5.56 Å². The molecule has 1 spiro atoms. The van der Waals surface area contributed by atoms with Gasteiger partial charge in [0.2, 0.25) is 0 Å². The van der Waals surface area contributed by atoms with E-state index in [9.17, 15) is 9.90 Å². The molecule has 1 fully saturated rings. The van der Waals surface area contributed by atoms with Crippen molar-refractivity contribution in [2.75, 3.05) is 13.1 Å². The Morgan fingerprint density at radius 2 is 1.84 bits per heavy atom. The highest BCUT2D eigenvalue weighted by Crippen LogP contribution is 2.51. The minimum atomic E-state index is -0.646. The molecule has 166 valence electrons. The number of aliphatic hydroxyl groups is 1. The third-order valence-corrected chi connectivity index (χ3v) is 7.29. The Kier molecular flexibility index (Phi) is 5.57. The van der Waals surface area contributed by atoms with Crippen LogP contribution in [-0.4, -0.2) is 44.7 Å². The average molecular weight is 431 g/mol. The molecule has 0 saturated carbocycles. The Labute approximate surface area is 188 Å². The SMILES string of the molecule is CCn1ccnc1CN1CCC2(CC1)c1ccccc1[C@@H](NC(=O)c1ccccc1)[C@@H]2O. The van der Waals surface area contributed by atoms with Crippen molar-refractivity contribution in [3.8, 4) is 0 Å². The minimum Gasteiger partial charge on any atom is -0.390 e. The number of likely N-dealkylation sites (tertiary alicyclic amines) is 1. The Morgan fingerprint density at radius 3 is 2.59 bits per heavy atom. The maximum absolute atomic E-state index is 12.9. The normalized spacial score (nSPS) is 22.1. The molecule has 1 aliphatic carbocycles. The second-order valence-corrected chi connectivity index (χ2v) is 8.91. The van der Waals surface area contributed by atoms with E-state index in [0.717, 1.165) is 50.4 Å². The topological polar surface area (TPSA) is 70.4 Å². The number of aryl methyl sites for hydroxylation is 1. The summed E-state index contributed by atoms with van der Waals surface area (Å²) in [7, 11) is 0.